The minimum atomic E-state index is -3.99. The molecule has 0 heterocycles. The van der Waals surface area contributed by atoms with Gasteiger partial charge in [0, 0.05) is 0 Å². The van der Waals surface area contributed by atoms with Gasteiger partial charge in [-0.2, -0.15) is 0 Å². The molecule has 0 N–H and O–H groups in total. The summed E-state index contributed by atoms with van der Waals surface area (Å²) in [6.07, 6.45) is 36.8. The van der Waals surface area contributed by atoms with Crippen LogP contribution in [0.3, 0.4) is 0 Å². The maximum absolute atomic E-state index is 7.26. The molecular weight excluding hydrogens is 496 g/mol. The van der Waals surface area contributed by atoms with Crippen LogP contribution >= 0.6 is 0 Å². The molecule has 216 valence electrons. The quantitative estimate of drug-likeness (QED) is 0.279. The van der Waals surface area contributed by atoms with Crippen molar-refractivity contribution in [3.8, 4) is 0 Å². The van der Waals surface area contributed by atoms with E-state index in [-0.39, 0.29) is 24.4 Å². The Kier molecular flexibility index (Phi) is 14.9. The van der Waals surface area contributed by atoms with E-state index in [0.717, 1.165) is 51.4 Å². The van der Waals surface area contributed by atoms with Crippen LogP contribution in [0.2, 0.25) is 0 Å². The fourth-order valence-electron chi connectivity index (χ4n) is 7.13. The first kappa shape index (κ1) is 30.5. The minimum absolute atomic E-state index is 0.260. The van der Waals surface area contributed by atoms with Crippen LogP contribution in [0.5, 0.6) is 0 Å². The van der Waals surface area contributed by atoms with Crippen molar-refractivity contribution in [2.24, 2.45) is 0 Å². The van der Waals surface area contributed by atoms with Crippen LogP contribution in [-0.2, 0) is 31.4 Å². The Morgan fingerprint density at radius 1 is 0.243 bits per heavy atom. The van der Waals surface area contributed by atoms with Gasteiger partial charge in [-0.1, -0.05) is 0 Å². The van der Waals surface area contributed by atoms with Gasteiger partial charge in [-0.05, 0) is 0 Å². The molecule has 4 aliphatic carbocycles. The molecule has 0 spiro atoms. The molecule has 0 atom stereocenters. The molecule has 0 radical (unpaired) electrons. The van der Waals surface area contributed by atoms with Crippen LogP contribution < -0.4 is 0 Å². The Morgan fingerprint density at radius 2 is 0.405 bits per heavy atom. The van der Waals surface area contributed by atoms with E-state index in [2.05, 4.69) is 0 Å². The average molecular weight is 557 g/mol. The molecule has 4 aliphatic rings. The van der Waals surface area contributed by atoms with Crippen molar-refractivity contribution >= 4 is 0 Å². The molecule has 4 nitrogen and oxygen atoms in total. The van der Waals surface area contributed by atoms with Gasteiger partial charge in [-0.25, -0.2) is 0 Å². The average Bonchev–Trinajstić information content (AvgIpc) is 2.81. The van der Waals surface area contributed by atoms with E-state index in [1.165, 1.54) is 128 Å². The summed E-state index contributed by atoms with van der Waals surface area (Å²) in [5.41, 5.74) is 0. The Morgan fingerprint density at radius 3 is 0.595 bits per heavy atom. The molecule has 0 aliphatic heterocycles. The van der Waals surface area contributed by atoms with E-state index < -0.39 is 18.1 Å². The fraction of sp³-hybridized carbons (Fsp3) is 1.00. The second-order valence-electron chi connectivity index (χ2n) is 12.8. The molecule has 4 saturated carbocycles. The SMILES string of the molecule is C1CCCC([O][Ti]([O]C2CCCCCCC2)([O]C2CCCCCCC2)[O]C2CCCCCCC2)CCC1. The van der Waals surface area contributed by atoms with E-state index in [1.54, 1.807) is 0 Å². The van der Waals surface area contributed by atoms with Gasteiger partial charge in [0.2, 0.25) is 0 Å². The molecule has 0 aromatic rings. The maximum atomic E-state index is 7.26. The Hall–Kier alpha value is 0.554. The van der Waals surface area contributed by atoms with E-state index >= 15 is 0 Å². The molecule has 0 unspecified atom stereocenters. The van der Waals surface area contributed by atoms with Crippen molar-refractivity contribution in [1.82, 2.24) is 0 Å². The molecular formula is C32H60O4Ti. The number of hydrogen-bond acceptors (Lipinski definition) is 4. The van der Waals surface area contributed by atoms with E-state index in [4.69, 9.17) is 13.3 Å². The Bertz CT molecular complexity index is 454. The topological polar surface area (TPSA) is 36.9 Å². The molecule has 0 aromatic carbocycles. The predicted molar refractivity (Wildman–Crippen MR) is 149 cm³/mol. The van der Waals surface area contributed by atoms with Gasteiger partial charge < -0.3 is 0 Å². The molecule has 0 amide bonds. The summed E-state index contributed by atoms with van der Waals surface area (Å²) in [6.45, 7) is 0. The molecule has 4 fully saturated rings. The van der Waals surface area contributed by atoms with Gasteiger partial charge in [0.25, 0.3) is 0 Å². The third-order valence-corrected chi connectivity index (χ3v) is 13.3. The van der Waals surface area contributed by atoms with Crippen molar-refractivity contribution in [2.75, 3.05) is 0 Å². The standard InChI is InChI=1S/4C8H15O.Ti/c4*9-8-6-4-2-1-3-5-7-8;/h4*8H,1-7H2;/q4*-1;+4. The second-order valence-corrected chi connectivity index (χ2v) is 15.9. The number of hydrogen-bond donors (Lipinski definition) is 0. The fourth-order valence-corrected chi connectivity index (χ4v) is 11.7. The summed E-state index contributed by atoms with van der Waals surface area (Å²) in [5.74, 6) is 0. The van der Waals surface area contributed by atoms with Crippen LogP contribution in [0, 0.1) is 0 Å². The first-order valence-electron chi connectivity index (χ1n) is 17.0. The third kappa shape index (κ3) is 11.9. The summed E-state index contributed by atoms with van der Waals surface area (Å²) in [7, 11) is 0. The molecule has 0 bridgehead atoms. The van der Waals surface area contributed by atoms with E-state index in [1.807, 2.05) is 0 Å². The van der Waals surface area contributed by atoms with E-state index in [0.29, 0.717) is 0 Å². The van der Waals surface area contributed by atoms with E-state index in [9.17, 15) is 0 Å². The molecule has 4 rings (SSSR count). The van der Waals surface area contributed by atoms with Crippen LogP contribution in [-0.4, -0.2) is 24.4 Å². The summed E-state index contributed by atoms with van der Waals surface area (Å²) in [5, 5.41) is 0. The van der Waals surface area contributed by atoms with Crippen molar-refractivity contribution < 1.29 is 31.4 Å². The molecule has 0 aromatic heterocycles. The first-order valence-corrected chi connectivity index (χ1v) is 19.6. The molecule has 5 heteroatoms. The van der Waals surface area contributed by atoms with Crippen LogP contribution in [0.15, 0.2) is 0 Å². The zero-order valence-electron chi connectivity index (χ0n) is 24.2. The van der Waals surface area contributed by atoms with Crippen molar-refractivity contribution in [3.05, 3.63) is 0 Å². The van der Waals surface area contributed by atoms with Gasteiger partial charge in [0.05, 0.1) is 0 Å². The summed E-state index contributed by atoms with van der Waals surface area (Å²) in [4.78, 5) is 0. The summed E-state index contributed by atoms with van der Waals surface area (Å²) < 4.78 is 29.0. The van der Waals surface area contributed by atoms with Crippen LogP contribution in [0.4, 0.5) is 0 Å². The normalized spacial score (nSPS) is 26.6. The van der Waals surface area contributed by atoms with Crippen molar-refractivity contribution in [1.29, 1.82) is 0 Å². The summed E-state index contributed by atoms with van der Waals surface area (Å²) >= 11 is -3.99. The van der Waals surface area contributed by atoms with Gasteiger partial charge in [0.1, 0.15) is 0 Å². The van der Waals surface area contributed by atoms with Gasteiger partial charge in [-0.15, -0.1) is 0 Å². The summed E-state index contributed by atoms with van der Waals surface area (Å²) in [6, 6.07) is 0. The monoisotopic (exact) mass is 556 g/mol. The van der Waals surface area contributed by atoms with Gasteiger partial charge in [0.15, 0.2) is 0 Å². The second kappa shape index (κ2) is 18.1. The Labute approximate surface area is 235 Å². The first-order chi connectivity index (χ1) is 18.3. The van der Waals surface area contributed by atoms with Crippen molar-refractivity contribution in [2.45, 2.75) is 204 Å². The molecule has 0 saturated heterocycles. The van der Waals surface area contributed by atoms with Crippen molar-refractivity contribution in [3.63, 3.8) is 0 Å². The molecule has 37 heavy (non-hydrogen) atoms. The zero-order chi connectivity index (χ0) is 25.4. The number of rotatable bonds is 8. The third-order valence-electron chi connectivity index (χ3n) is 9.45. The van der Waals surface area contributed by atoms with Gasteiger partial charge >= 0.3 is 236 Å². The Balaban J connectivity index is 1.56. The zero-order valence-corrected chi connectivity index (χ0v) is 25.8. The predicted octanol–water partition coefficient (Wildman–Crippen LogP) is 10.3. The van der Waals surface area contributed by atoms with Crippen LogP contribution in [0.25, 0.3) is 0 Å². The van der Waals surface area contributed by atoms with Crippen LogP contribution in [0.1, 0.15) is 180 Å². The van der Waals surface area contributed by atoms with Gasteiger partial charge in [-0.3, -0.25) is 0 Å².